The molecule has 1 aliphatic heterocycles. The quantitative estimate of drug-likeness (QED) is 0.670. The van der Waals surface area contributed by atoms with Crippen LogP contribution >= 0.6 is 11.6 Å². The number of hydrogen-bond donors (Lipinski definition) is 0. The Balaban J connectivity index is 1.84. The van der Waals surface area contributed by atoms with E-state index < -0.39 is 0 Å². The van der Waals surface area contributed by atoms with E-state index in [0.717, 1.165) is 30.2 Å². The fourth-order valence-corrected chi connectivity index (χ4v) is 2.70. The average Bonchev–Trinajstić information content (AvgIpc) is 2.99. The first-order valence-corrected chi connectivity index (χ1v) is 7.33. The van der Waals surface area contributed by atoms with E-state index in [1.54, 1.807) is 16.9 Å². The van der Waals surface area contributed by atoms with Crippen LogP contribution in [0.2, 0.25) is 5.15 Å². The monoisotopic (exact) mass is 316 g/mol. The Morgan fingerprint density at radius 1 is 1.09 bits per heavy atom. The third-order valence-corrected chi connectivity index (χ3v) is 3.76. The summed E-state index contributed by atoms with van der Waals surface area (Å²) in [5.74, 6) is 0.918. The topological polar surface area (TPSA) is 68.4 Å². The lowest BCUT2D eigenvalue weighted by Crippen LogP contribution is -2.37. The molecule has 0 unspecified atom stereocenters. The Bertz CT molecular complexity index is 800. The molecule has 0 saturated carbocycles. The third-order valence-electron chi connectivity index (χ3n) is 3.57. The molecule has 112 valence electrons. The Morgan fingerprint density at radius 2 is 1.86 bits per heavy atom. The van der Waals surface area contributed by atoms with E-state index in [1.807, 2.05) is 12.1 Å². The molecule has 0 aromatic carbocycles. The molecule has 0 N–H and O–H groups in total. The number of anilines is 1. The van der Waals surface area contributed by atoms with Gasteiger partial charge in [0.1, 0.15) is 17.3 Å². The summed E-state index contributed by atoms with van der Waals surface area (Å²) in [5, 5.41) is 5.08. The molecule has 8 heteroatoms. The van der Waals surface area contributed by atoms with Crippen molar-refractivity contribution in [1.82, 2.24) is 24.6 Å². The predicted octanol–water partition coefficient (Wildman–Crippen LogP) is 1.68. The number of aromatic nitrogens is 5. The lowest BCUT2D eigenvalue weighted by atomic mass is 10.2. The van der Waals surface area contributed by atoms with E-state index in [4.69, 9.17) is 16.3 Å². The van der Waals surface area contributed by atoms with Crippen molar-refractivity contribution in [3.63, 3.8) is 0 Å². The molecule has 0 radical (unpaired) electrons. The summed E-state index contributed by atoms with van der Waals surface area (Å²) in [5.41, 5.74) is 2.31. The van der Waals surface area contributed by atoms with Crippen molar-refractivity contribution in [1.29, 1.82) is 0 Å². The van der Waals surface area contributed by atoms with Gasteiger partial charge in [0.25, 0.3) is 0 Å². The van der Waals surface area contributed by atoms with Crippen LogP contribution in [0.4, 0.5) is 5.82 Å². The minimum atomic E-state index is 0.449. The van der Waals surface area contributed by atoms with Crippen molar-refractivity contribution >= 4 is 23.1 Å². The SMILES string of the molecule is Clc1cc(N2CCOCC2)n2nc(-c3cncnc3)cc2n1. The number of morpholine rings is 1. The highest BCUT2D eigenvalue weighted by atomic mass is 35.5. The molecular formula is C14H13ClN6O. The fraction of sp³-hybridized carbons (Fsp3) is 0.286. The average molecular weight is 317 g/mol. The molecule has 1 aliphatic rings. The Morgan fingerprint density at radius 3 is 2.64 bits per heavy atom. The second-order valence-corrected chi connectivity index (χ2v) is 5.35. The Labute approximate surface area is 131 Å². The van der Waals surface area contributed by atoms with Crippen LogP contribution in [0.5, 0.6) is 0 Å². The maximum Gasteiger partial charge on any atom is 0.159 e. The Hall–Kier alpha value is -2.25. The van der Waals surface area contributed by atoms with Crippen molar-refractivity contribution in [2.45, 2.75) is 0 Å². The fourth-order valence-electron chi connectivity index (χ4n) is 2.52. The van der Waals surface area contributed by atoms with Crippen LogP contribution in [0.15, 0.2) is 30.9 Å². The minimum Gasteiger partial charge on any atom is -0.378 e. The standard InChI is InChI=1S/C14H13ClN6O/c15-12-6-14(20-1-3-22-4-2-20)21-13(18-12)5-11(19-21)10-7-16-9-17-8-10/h5-9H,1-4H2. The number of rotatable bonds is 2. The van der Waals surface area contributed by atoms with E-state index in [-0.39, 0.29) is 0 Å². The van der Waals surface area contributed by atoms with Gasteiger partial charge < -0.3 is 9.64 Å². The highest BCUT2D eigenvalue weighted by molar-refractivity contribution is 6.29. The van der Waals surface area contributed by atoms with Crippen LogP contribution in [0.25, 0.3) is 16.9 Å². The van der Waals surface area contributed by atoms with Crippen LogP contribution in [-0.2, 0) is 4.74 Å². The normalized spacial score (nSPS) is 15.4. The molecule has 0 spiro atoms. The van der Waals surface area contributed by atoms with Crippen molar-refractivity contribution in [2.75, 3.05) is 31.2 Å². The van der Waals surface area contributed by atoms with Crippen LogP contribution in [0, 0.1) is 0 Å². The van der Waals surface area contributed by atoms with Gasteiger partial charge in [-0.1, -0.05) is 11.6 Å². The van der Waals surface area contributed by atoms with Crippen LogP contribution in [0.3, 0.4) is 0 Å². The Kier molecular flexibility index (Phi) is 3.36. The minimum absolute atomic E-state index is 0.449. The molecule has 1 saturated heterocycles. The summed E-state index contributed by atoms with van der Waals surface area (Å²) in [7, 11) is 0. The summed E-state index contributed by atoms with van der Waals surface area (Å²) in [6.45, 7) is 3.00. The lowest BCUT2D eigenvalue weighted by Gasteiger charge is -2.28. The smallest absolute Gasteiger partial charge is 0.159 e. The van der Waals surface area contributed by atoms with Gasteiger partial charge in [-0.25, -0.2) is 15.0 Å². The molecule has 4 rings (SSSR count). The molecule has 3 aromatic rings. The van der Waals surface area contributed by atoms with Gasteiger partial charge in [-0.15, -0.1) is 0 Å². The largest absolute Gasteiger partial charge is 0.378 e. The second kappa shape index (κ2) is 5.51. The zero-order valence-electron chi connectivity index (χ0n) is 11.7. The van der Waals surface area contributed by atoms with Crippen molar-refractivity contribution in [3.8, 4) is 11.3 Å². The van der Waals surface area contributed by atoms with Gasteiger partial charge in [0.05, 0.1) is 18.9 Å². The van der Waals surface area contributed by atoms with Crippen LogP contribution in [-0.4, -0.2) is 50.9 Å². The maximum atomic E-state index is 6.16. The number of nitrogens with zero attached hydrogens (tertiary/aromatic N) is 6. The second-order valence-electron chi connectivity index (χ2n) is 4.96. The molecule has 0 amide bonds. The summed E-state index contributed by atoms with van der Waals surface area (Å²) >= 11 is 6.16. The first kappa shape index (κ1) is 13.4. The molecule has 4 heterocycles. The zero-order valence-corrected chi connectivity index (χ0v) is 12.4. The van der Waals surface area contributed by atoms with Crippen LogP contribution < -0.4 is 4.90 Å². The van der Waals surface area contributed by atoms with Crippen molar-refractivity contribution < 1.29 is 4.74 Å². The van der Waals surface area contributed by atoms with Gasteiger partial charge in [-0.2, -0.15) is 9.61 Å². The summed E-state index contributed by atoms with van der Waals surface area (Å²) in [4.78, 5) is 14.6. The molecule has 3 aromatic heterocycles. The van der Waals surface area contributed by atoms with Gasteiger partial charge in [0.2, 0.25) is 0 Å². The number of ether oxygens (including phenoxy) is 1. The molecule has 1 fully saturated rings. The van der Waals surface area contributed by atoms with Crippen molar-refractivity contribution in [2.24, 2.45) is 0 Å². The van der Waals surface area contributed by atoms with Crippen molar-refractivity contribution in [3.05, 3.63) is 36.0 Å². The molecule has 0 aliphatic carbocycles. The first-order chi connectivity index (χ1) is 10.8. The lowest BCUT2D eigenvalue weighted by molar-refractivity contribution is 0.122. The van der Waals surface area contributed by atoms with Crippen LogP contribution in [0.1, 0.15) is 0 Å². The highest BCUT2D eigenvalue weighted by Crippen LogP contribution is 2.24. The van der Waals surface area contributed by atoms with Gasteiger partial charge >= 0.3 is 0 Å². The van der Waals surface area contributed by atoms with E-state index in [9.17, 15) is 0 Å². The number of halogens is 1. The number of fused-ring (bicyclic) bond motifs is 1. The summed E-state index contributed by atoms with van der Waals surface area (Å²) < 4.78 is 7.21. The molecule has 7 nitrogen and oxygen atoms in total. The first-order valence-electron chi connectivity index (χ1n) is 6.96. The molecule has 0 bridgehead atoms. The summed E-state index contributed by atoms with van der Waals surface area (Å²) in [6.07, 6.45) is 4.95. The van der Waals surface area contributed by atoms with Gasteiger partial charge in [0.15, 0.2) is 5.65 Å². The van der Waals surface area contributed by atoms with E-state index >= 15 is 0 Å². The zero-order chi connectivity index (χ0) is 14.9. The summed E-state index contributed by atoms with van der Waals surface area (Å²) in [6, 6.07) is 3.71. The van der Waals surface area contributed by atoms with E-state index in [2.05, 4.69) is 25.0 Å². The molecular weight excluding hydrogens is 304 g/mol. The third kappa shape index (κ3) is 2.38. The van der Waals surface area contributed by atoms with Gasteiger partial charge in [-0.3, -0.25) is 0 Å². The number of hydrogen-bond acceptors (Lipinski definition) is 6. The molecule has 22 heavy (non-hydrogen) atoms. The van der Waals surface area contributed by atoms with Gasteiger partial charge in [-0.05, 0) is 0 Å². The maximum absolute atomic E-state index is 6.16. The van der Waals surface area contributed by atoms with Gasteiger partial charge in [0, 0.05) is 43.2 Å². The highest BCUT2D eigenvalue weighted by Gasteiger charge is 2.17. The van der Waals surface area contributed by atoms with E-state index in [0.29, 0.717) is 24.0 Å². The predicted molar refractivity (Wildman–Crippen MR) is 82.1 cm³/mol. The van der Waals surface area contributed by atoms with E-state index in [1.165, 1.54) is 6.33 Å². The molecule has 0 atom stereocenters.